The molecule has 6 nitrogen and oxygen atoms in total. The lowest BCUT2D eigenvalue weighted by Crippen LogP contribution is -2.69. The highest BCUT2D eigenvalue weighted by atomic mass is 19.4. The van der Waals surface area contributed by atoms with Gasteiger partial charge in [0.15, 0.2) is 0 Å². The van der Waals surface area contributed by atoms with E-state index in [4.69, 9.17) is 4.74 Å². The number of halogens is 3. The van der Waals surface area contributed by atoms with E-state index >= 15 is 0 Å². The van der Waals surface area contributed by atoms with E-state index in [9.17, 15) is 22.8 Å². The number of alkyl carbamates (subject to hydrolysis) is 1. The molecule has 2 N–H and O–H groups in total. The van der Waals surface area contributed by atoms with Gasteiger partial charge in [-0.1, -0.05) is 12.1 Å². The van der Waals surface area contributed by atoms with E-state index in [1.54, 1.807) is 18.3 Å². The molecule has 0 heterocycles. The second-order valence-corrected chi connectivity index (χ2v) is 5.54. The van der Waals surface area contributed by atoms with E-state index in [2.05, 4.69) is 10.1 Å². The summed E-state index contributed by atoms with van der Waals surface area (Å²) in [5, 5.41) is 3.63. The Morgan fingerprint density at radius 2 is 1.88 bits per heavy atom. The summed E-state index contributed by atoms with van der Waals surface area (Å²) in [6.45, 7) is 5.66. The number of esters is 1. The van der Waals surface area contributed by atoms with Gasteiger partial charge in [0.25, 0.3) is 0 Å². The van der Waals surface area contributed by atoms with Gasteiger partial charge in [-0.2, -0.15) is 13.2 Å². The van der Waals surface area contributed by atoms with Crippen molar-refractivity contribution >= 4 is 17.7 Å². The van der Waals surface area contributed by atoms with Crippen LogP contribution in [-0.4, -0.2) is 36.6 Å². The molecular weight excluding hydrogens is 341 g/mol. The van der Waals surface area contributed by atoms with Gasteiger partial charge in [0.1, 0.15) is 0 Å². The van der Waals surface area contributed by atoms with E-state index in [0.717, 1.165) is 0 Å². The number of anilines is 1. The van der Waals surface area contributed by atoms with Gasteiger partial charge in [-0.15, -0.1) is 0 Å². The molecule has 0 bridgehead atoms. The predicted octanol–water partition coefficient (Wildman–Crippen LogP) is 3.36. The SMILES string of the molecule is CCOC(=O)[C@@](NC(=O)OC(C)C)(Nc1cccc(C)c1)C(F)(F)F. The molecule has 140 valence electrons. The minimum atomic E-state index is -5.20. The molecule has 0 saturated heterocycles. The Labute approximate surface area is 143 Å². The maximum absolute atomic E-state index is 13.8. The number of carbonyl (C=O) groups is 2. The fourth-order valence-electron chi connectivity index (χ4n) is 1.97. The first-order chi connectivity index (χ1) is 11.5. The molecule has 1 atom stereocenters. The Hall–Kier alpha value is -2.45. The van der Waals surface area contributed by atoms with Crippen LogP contribution < -0.4 is 10.6 Å². The van der Waals surface area contributed by atoms with Gasteiger partial charge in [0.2, 0.25) is 0 Å². The number of alkyl halides is 3. The number of nitrogens with one attached hydrogen (secondary N) is 2. The number of hydrogen-bond acceptors (Lipinski definition) is 5. The molecule has 0 fully saturated rings. The van der Waals surface area contributed by atoms with Crippen LogP contribution in [0.2, 0.25) is 0 Å². The number of carbonyl (C=O) groups excluding carboxylic acids is 2. The molecule has 0 aliphatic rings. The van der Waals surface area contributed by atoms with Gasteiger partial charge in [-0.05, 0) is 45.4 Å². The van der Waals surface area contributed by atoms with Crippen LogP contribution in [-0.2, 0) is 14.3 Å². The molecule has 0 spiro atoms. The molecule has 0 aliphatic heterocycles. The molecule has 0 aliphatic carbocycles. The summed E-state index contributed by atoms with van der Waals surface area (Å²) >= 11 is 0. The Kier molecular flexibility index (Phi) is 6.66. The molecule has 25 heavy (non-hydrogen) atoms. The average molecular weight is 362 g/mol. The first kappa shape index (κ1) is 20.6. The van der Waals surface area contributed by atoms with E-state index in [0.29, 0.717) is 5.56 Å². The Balaban J connectivity index is 3.33. The van der Waals surface area contributed by atoms with Crippen molar-refractivity contribution in [2.75, 3.05) is 11.9 Å². The zero-order valence-corrected chi connectivity index (χ0v) is 14.4. The molecular formula is C16H21F3N2O4. The van der Waals surface area contributed by atoms with Crippen LogP contribution in [0.1, 0.15) is 26.3 Å². The average Bonchev–Trinajstić information content (AvgIpc) is 2.44. The molecule has 1 amide bonds. The number of benzene rings is 1. The Morgan fingerprint density at radius 3 is 2.36 bits per heavy atom. The number of hydrogen-bond donors (Lipinski definition) is 2. The van der Waals surface area contributed by atoms with E-state index < -0.39 is 30.0 Å². The molecule has 1 rings (SSSR count). The van der Waals surface area contributed by atoms with Crippen molar-refractivity contribution in [1.29, 1.82) is 0 Å². The normalized spacial score (nSPS) is 13.8. The lowest BCUT2D eigenvalue weighted by atomic mass is 10.1. The Morgan fingerprint density at radius 1 is 1.24 bits per heavy atom. The number of amides is 1. The predicted molar refractivity (Wildman–Crippen MR) is 85.0 cm³/mol. The molecule has 0 radical (unpaired) electrons. The third kappa shape index (κ3) is 5.27. The van der Waals surface area contributed by atoms with Crippen LogP contribution >= 0.6 is 0 Å². The van der Waals surface area contributed by atoms with Crippen molar-refractivity contribution in [1.82, 2.24) is 5.32 Å². The Bertz CT molecular complexity index is 620. The molecule has 0 aromatic heterocycles. The van der Waals surface area contributed by atoms with Crippen molar-refractivity contribution in [3.63, 3.8) is 0 Å². The highest BCUT2D eigenvalue weighted by molar-refractivity contribution is 5.89. The van der Waals surface area contributed by atoms with E-state index in [1.165, 1.54) is 39.0 Å². The number of aryl methyl sites for hydroxylation is 1. The zero-order chi connectivity index (χ0) is 19.3. The van der Waals surface area contributed by atoms with Crippen LogP contribution in [0.5, 0.6) is 0 Å². The standard InChI is InChI=1S/C16H21F3N2O4/c1-5-24-13(22)15(16(17,18)19,21-14(23)25-10(2)3)20-12-8-6-7-11(4)9-12/h6-10,20H,5H2,1-4H3,(H,21,23)/t15-/m0/s1. The van der Waals surface area contributed by atoms with Crippen molar-refractivity contribution in [2.45, 2.75) is 45.6 Å². The lowest BCUT2D eigenvalue weighted by Gasteiger charge is -2.35. The maximum Gasteiger partial charge on any atom is 0.442 e. The number of ether oxygens (including phenoxy) is 2. The summed E-state index contributed by atoms with van der Waals surface area (Å²) in [6, 6.07) is 5.92. The van der Waals surface area contributed by atoms with Gasteiger partial charge < -0.3 is 14.8 Å². The summed E-state index contributed by atoms with van der Waals surface area (Å²) in [7, 11) is 0. The maximum atomic E-state index is 13.8. The molecule has 1 aromatic rings. The van der Waals surface area contributed by atoms with Crippen LogP contribution in [0.15, 0.2) is 24.3 Å². The fourth-order valence-corrected chi connectivity index (χ4v) is 1.97. The topological polar surface area (TPSA) is 76.7 Å². The third-order valence-corrected chi connectivity index (χ3v) is 2.99. The van der Waals surface area contributed by atoms with Crippen molar-refractivity contribution in [3.05, 3.63) is 29.8 Å². The second-order valence-electron chi connectivity index (χ2n) is 5.54. The summed E-state index contributed by atoms with van der Waals surface area (Å²) in [5.41, 5.74) is -2.84. The minimum absolute atomic E-state index is 0.0183. The van der Waals surface area contributed by atoms with Crippen LogP contribution in [0.25, 0.3) is 0 Å². The van der Waals surface area contributed by atoms with E-state index in [1.807, 2.05) is 0 Å². The van der Waals surface area contributed by atoms with Crippen molar-refractivity contribution in [2.24, 2.45) is 0 Å². The minimum Gasteiger partial charge on any atom is -0.463 e. The third-order valence-electron chi connectivity index (χ3n) is 2.99. The van der Waals surface area contributed by atoms with Gasteiger partial charge in [0.05, 0.1) is 12.7 Å². The summed E-state index contributed by atoms with van der Waals surface area (Å²) in [4.78, 5) is 23.9. The van der Waals surface area contributed by atoms with Gasteiger partial charge in [-0.25, -0.2) is 9.59 Å². The van der Waals surface area contributed by atoms with Crippen molar-refractivity contribution < 1.29 is 32.2 Å². The summed E-state index contributed by atoms with van der Waals surface area (Å²) in [5.74, 6) is -1.69. The smallest absolute Gasteiger partial charge is 0.442 e. The van der Waals surface area contributed by atoms with Gasteiger partial charge >= 0.3 is 23.9 Å². The van der Waals surface area contributed by atoms with E-state index in [-0.39, 0.29) is 12.3 Å². The molecule has 0 unspecified atom stereocenters. The largest absolute Gasteiger partial charge is 0.463 e. The zero-order valence-electron chi connectivity index (χ0n) is 14.4. The molecule has 0 saturated carbocycles. The highest BCUT2D eigenvalue weighted by Gasteiger charge is 2.64. The first-order valence-electron chi connectivity index (χ1n) is 7.59. The fraction of sp³-hybridized carbons (Fsp3) is 0.500. The number of rotatable bonds is 6. The van der Waals surface area contributed by atoms with Crippen molar-refractivity contribution in [3.8, 4) is 0 Å². The van der Waals surface area contributed by atoms with Crippen LogP contribution in [0.3, 0.4) is 0 Å². The first-order valence-corrected chi connectivity index (χ1v) is 7.59. The molecule has 1 aromatic carbocycles. The van der Waals surface area contributed by atoms with Crippen LogP contribution in [0.4, 0.5) is 23.7 Å². The van der Waals surface area contributed by atoms with Gasteiger partial charge in [0, 0.05) is 5.69 Å². The summed E-state index contributed by atoms with van der Waals surface area (Å²) in [6.07, 6.45) is -7.27. The quantitative estimate of drug-likeness (QED) is 0.599. The monoisotopic (exact) mass is 362 g/mol. The molecule has 9 heteroatoms. The van der Waals surface area contributed by atoms with Gasteiger partial charge in [-0.3, -0.25) is 5.32 Å². The lowest BCUT2D eigenvalue weighted by molar-refractivity contribution is -0.205. The summed E-state index contributed by atoms with van der Waals surface area (Å²) < 4.78 is 50.6. The highest BCUT2D eigenvalue weighted by Crippen LogP contribution is 2.33. The van der Waals surface area contributed by atoms with Crippen LogP contribution in [0, 0.1) is 6.92 Å². The second kappa shape index (κ2) is 8.09.